The van der Waals surface area contributed by atoms with Gasteiger partial charge in [0.15, 0.2) is 0 Å². The van der Waals surface area contributed by atoms with Gasteiger partial charge in [-0.1, -0.05) is 42.5 Å². The third-order valence-electron chi connectivity index (χ3n) is 1.20. The van der Waals surface area contributed by atoms with E-state index in [2.05, 4.69) is 12.6 Å². The molecule has 52 valence electrons. The number of hydrogen-bond acceptors (Lipinski definition) is 1. The molecule has 0 amide bonds. The molecule has 0 aliphatic carbocycles. The Morgan fingerprint density at radius 1 is 1.30 bits per heavy atom. The van der Waals surface area contributed by atoms with E-state index < -0.39 is 0 Å². The van der Waals surface area contributed by atoms with Gasteiger partial charge in [0.1, 0.15) is 0 Å². The lowest BCUT2D eigenvalue weighted by atomic mass is 10.2. The molecule has 0 saturated carbocycles. The first-order valence-electron chi connectivity index (χ1n) is 3.05. The molecule has 0 saturated heterocycles. The second-order valence-electron chi connectivity index (χ2n) is 2.06. The molecule has 0 nitrogen and oxygen atoms in total. The maximum absolute atomic E-state index is 4.84. The highest BCUT2D eigenvalue weighted by atomic mass is 32.1. The fourth-order valence-corrected chi connectivity index (χ4v) is 1.12. The number of thiol groups is 1. The fraction of sp³-hybridized carbons (Fsp3) is 0.125. The van der Waals surface area contributed by atoms with E-state index in [4.69, 9.17) is 12.2 Å². The Bertz CT molecular complexity index is 216. The van der Waals surface area contributed by atoms with Gasteiger partial charge in [-0.15, -0.1) is 12.6 Å². The molecule has 1 rings (SSSR count). The maximum Gasteiger partial charge on any atom is 0.0491 e. The van der Waals surface area contributed by atoms with E-state index >= 15 is 0 Å². The predicted molar refractivity (Wildman–Crippen MR) is 51.7 cm³/mol. The number of hydrogen-bond donors (Lipinski definition) is 1. The topological polar surface area (TPSA) is 0 Å². The standard InChI is InChI=1S/C8H8S2/c9-8(10)6-7-4-2-1-3-5-7/h1-5H,6H2,(H,9,10). The normalized spacial score (nSPS) is 9.30. The molecule has 0 heterocycles. The Hall–Kier alpha value is -0.340. The average molecular weight is 168 g/mol. The SMILES string of the molecule is S=C(S)Cc1ccccc1. The molecule has 0 fully saturated rings. The number of rotatable bonds is 2. The second kappa shape index (κ2) is 3.74. The van der Waals surface area contributed by atoms with Crippen molar-refractivity contribution in [1.82, 2.24) is 0 Å². The summed E-state index contributed by atoms with van der Waals surface area (Å²) in [7, 11) is 0. The van der Waals surface area contributed by atoms with Crippen molar-refractivity contribution in [2.24, 2.45) is 0 Å². The van der Waals surface area contributed by atoms with Crippen molar-refractivity contribution in [3.63, 3.8) is 0 Å². The van der Waals surface area contributed by atoms with Crippen LogP contribution in [0.1, 0.15) is 5.56 Å². The zero-order valence-electron chi connectivity index (χ0n) is 5.45. The second-order valence-corrected chi connectivity index (χ2v) is 3.39. The van der Waals surface area contributed by atoms with E-state index in [0.717, 1.165) is 10.6 Å². The van der Waals surface area contributed by atoms with Gasteiger partial charge in [0.2, 0.25) is 0 Å². The van der Waals surface area contributed by atoms with Crippen molar-refractivity contribution in [3.05, 3.63) is 35.9 Å². The van der Waals surface area contributed by atoms with Crippen LogP contribution >= 0.6 is 24.8 Å². The van der Waals surface area contributed by atoms with Crippen LogP contribution in [0.3, 0.4) is 0 Å². The van der Waals surface area contributed by atoms with E-state index in [1.165, 1.54) is 5.56 Å². The molecule has 0 aromatic heterocycles. The fourth-order valence-electron chi connectivity index (χ4n) is 0.770. The molecule has 10 heavy (non-hydrogen) atoms. The largest absolute Gasteiger partial charge is 0.136 e. The highest BCUT2D eigenvalue weighted by molar-refractivity contribution is 8.11. The number of benzene rings is 1. The Morgan fingerprint density at radius 2 is 1.90 bits per heavy atom. The molecule has 0 atom stereocenters. The van der Waals surface area contributed by atoms with Crippen LogP contribution in [0.25, 0.3) is 0 Å². The van der Waals surface area contributed by atoms with E-state index in [1.807, 2.05) is 30.3 Å². The minimum Gasteiger partial charge on any atom is -0.136 e. The molecule has 0 aliphatic rings. The first kappa shape index (κ1) is 7.76. The van der Waals surface area contributed by atoms with Crippen LogP contribution in [0.15, 0.2) is 30.3 Å². The summed E-state index contributed by atoms with van der Waals surface area (Å²) in [5.41, 5.74) is 1.22. The monoisotopic (exact) mass is 168 g/mol. The summed E-state index contributed by atoms with van der Waals surface area (Å²) >= 11 is 8.88. The van der Waals surface area contributed by atoms with Gasteiger partial charge in [-0.2, -0.15) is 0 Å². The van der Waals surface area contributed by atoms with Crippen LogP contribution in [0.5, 0.6) is 0 Å². The van der Waals surface area contributed by atoms with Crippen molar-refractivity contribution in [1.29, 1.82) is 0 Å². The van der Waals surface area contributed by atoms with Gasteiger partial charge in [0.25, 0.3) is 0 Å². The first-order valence-corrected chi connectivity index (χ1v) is 3.90. The Kier molecular flexibility index (Phi) is 2.90. The van der Waals surface area contributed by atoms with E-state index in [1.54, 1.807) is 0 Å². The molecule has 0 N–H and O–H groups in total. The minimum absolute atomic E-state index is 0.742. The van der Waals surface area contributed by atoms with Crippen LogP contribution < -0.4 is 0 Å². The molecule has 1 aromatic carbocycles. The smallest absolute Gasteiger partial charge is 0.0491 e. The van der Waals surface area contributed by atoms with E-state index in [9.17, 15) is 0 Å². The molecule has 1 aromatic rings. The van der Waals surface area contributed by atoms with Crippen molar-refractivity contribution in [3.8, 4) is 0 Å². The Balaban J connectivity index is 2.67. The van der Waals surface area contributed by atoms with Crippen molar-refractivity contribution >= 4 is 29.0 Å². The summed E-state index contributed by atoms with van der Waals surface area (Å²) in [6.45, 7) is 0. The van der Waals surface area contributed by atoms with Crippen LogP contribution in [-0.4, -0.2) is 4.20 Å². The molecule has 0 radical (unpaired) electrons. The summed E-state index contributed by atoms with van der Waals surface area (Å²) < 4.78 is 0.742. The molecule has 0 bridgehead atoms. The van der Waals surface area contributed by atoms with Crippen LogP contribution in [-0.2, 0) is 6.42 Å². The van der Waals surface area contributed by atoms with Crippen molar-refractivity contribution in [2.75, 3.05) is 0 Å². The Labute approximate surface area is 71.7 Å². The van der Waals surface area contributed by atoms with Crippen molar-refractivity contribution in [2.45, 2.75) is 6.42 Å². The molecule has 0 spiro atoms. The van der Waals surface area contributed by atoms with Gasteiger partial charge in [0, 0.05) is 10.6 Å². The highest BCUT2D eigenvalue weighted by Gasteiger charge is 1.91. The molecular weight excluding hydrogens is 160 g/mol. The quantitative estimate of drug-likeness (QED) is 0.523. The summed E-state index contributed by atoms with van der Waals surface area (Å²) in [4.78, 5) is 0. The van der Waals surface area contributed by atoms with Gasteiger partial charge >= 0.3 is 0 Å². The van der Waals surface area contributed by atoms with Gasteiger partial charge in [-0.05, 0) is 5.56 Å². The zero-order chi connectivity index (χ0) is 7.40. The lowest BCUT2D eigenvalue weighted by Crippen LogP contribution is -1.89. The summed E-state index contributed by atoms with van der Waals surface area (Å²) in [5.74, 6) is 0. The van der Waals surface area contributed by atoms with Gasteiger partial charge in [-0.25, -0.2) is 0 Å². The molecule has 0 unspecified atom stereocenters. The first-order chi connectivity index (χ1) is 4.79. The van der Waals surface area contributed by atoms with Crippen LogP contribution in [0.2, 0.25) is 0 Å². The molecule has 2 heteroatoms. The van der Waals surface area contributed by atoms with Crippen LogP contribution in [0.4, 0.5) is 0 Å². The third kappa shape index (κ3) is 2.50. The van der Waals surface area contributed by atoms with E-state index in [-0.39, 0.29) is 0 Å². The van der Waals surface area contributed by atoms with Gasteiger partial charge in [-0.3, -0.25) is 0 Å². The lowest BCUT2D eigenvalue weighted by molar-refractivity contribution is 1.38. The highest BCUT2D eigenvalue weighted by Crippen LogP contribution is 2.02. The maximum atomic E-state index is 4.84. The summed E-state index contributed by atoms with van der Waals surface area (Å²) in [5, 5.41) is 0. The Morgan fingerprint density at radius 3 is 2.40 bits per heavy atom. The van der Waals surface area contributed by atoms with Gasteiger partial charge < -0.3 is 0 Å². The number of thiocarbonyl (C=S) groups is 1. The third-order valence-corrected chi connectivity index (χ3v) is 1.50. The average Bonchev–Trinajstić information content (AvgIpc) is 1.88. The molecule has 0 aliphatic heterocycles. The summed E-state index contributed by atoms with van der Waals surface area (Å²) in [6.07, 6.45) is 0.791. The zero-order valence-corrected chi connectivity index (χ0v) is 7.16. The predicted octanol–water partition coefficient (Wildman–Crippen LogP) is 2.49. The minimum atomic E-state index is 0.742. The summed E-state index contributed by atoms with van der Waals surface area (Å²) in [6, 6.07) is 10.1. The molecular formula is C8H8S2. The van der Waals surface area contributed by atoms with E-state index in [0.29, 0.717) is 0 Å². The van der Waals surface area contributed by atoms with Crippen LogP contribution in [0, 0.1) is 0 Å². The van der Waals surface area contributed by atoms with Crippen molar-refractivity contribution < 1.29 is 0 Å². The van der Waals surface area contributed by atoms with Gasteiger partial charge in [0.05, 0.1) is 0 Å². The lowest BCUT2D eigenvalue weighted by Gasteiger charge is -1.95.